The number of imide groups is 2. The smallest absolute Gasteiger partial charge is 0.424 e. The summed E-state index contributed by atoms with van der Waals surface area (Å²) >= 11 is 0. The molecule has 3 unspecified atom stereocenters. The zero-order chi connectivity index (χ0) is 101. The highest BCUT2D eigenvalue weighted by atomic mass is 35.5. The Hall–Kier alpha value is -15.6. The molecule has 140 heavy (non-hydrogen) atoms. The Bertz CT molecular complexity index is 6130. The highest BCUT2D eigenvalue weighted by Crippen LogP contribution is 2.45. The van der Waals surface area contributed by atoms with Gasteiger partial charge < -0.3 is 61.7 Å². The van der Waals surface area contributed by atoms with Gasteiger partial charge in [-0.05, 0) is 135 Å². The zero-order valence-corrected chi connectivity index (χ0v) is 77.9. The molecule has 0 aromatic heterocycles. The fourth-order valence-corrected chi connectivity index (χ4v) is 16.4. The van der Waals surface area contributed by atoms with E-state index in [1.54, 1.807) is 81.4 Å². The maximum atomic E-state index is 15.2. The highest BCUT2D eigenvalue weighted by Gasteiger charge is 2.49. The first-order chi connectivity index (χ1) is 66.9. The second-order valence-corrected chi connectivity index (χ2v) is 31.8. The third kappa shape index (κ3) is 27.0. The number of nitrogens with one attached hydrogen (secondary N) is 5. The molecule has 9 aromatic rings. The van der Waals surface area contributed by atoms with Crippen LogP contribution in [0.1, 0.15) is 162 Å². The number of halogens is 7. The number of carbonyl (C=O) groups excluding carboxylic acids is 8. The molecule has 2 fully saturated rings. The predicted octanol–water partition coefficient (Wildman–Crippen LogP) is 18.7. The monoisotopic (exact) mass is 1950 g/mol. The van der Waals surface area contributed by atoms with E-state index in [2.05, 4.69) is 55.8 Å². The number of esters is 2. The van der Waals surface area contributed by atoms with E-state index >= 15 is 8.78 Å². The van der Waals surface area contributed by atoms with Gasteiger partial charge in [-0.15, -0.1) is 12.4 Å². The van der Waals surface area contributed by atoms with Gasteiger partial charge in [-0.2, -0.15) is 10.5 Å². The minimum Gasteiger partial charge on any atom is -0.468 e. The summed E-state index contributed by atoms with van der Waals surface area (Å²) in [5.41, 5.74) is 12.3. The van der Waals surface area contributed by atoms with Crippen molar-refractivity contribution >= 4 is 77.9 Å². The van der Waals surface area contributed by atoms with Gasteiger partial charge in [-0.1, -0.05) is 174 Å². The Morgan fingerprint density at radius 2 is 0.864 bits per heavy atom. The quantitative estimate of drug-likeness (QED) is 0.00870. The first-order valence-electron chi connectivity index (χ1n) is 44.6. The van der Waals surface area contributed by atoms with Crippen LogP contribution in [0, 0.1) is 77.8 Å². The predicted molar refractivity (Wildman–Crippen MR) is 505 cm³/mol. The molecule has 734 valence electrons. The standard InChI is InChI=1S/C29H32F2N6O3.C28H23F2N3O7.C27H21F2N3O7.C15H21N3.C2H6.ClH/c1-2-23-24(26(33)38)25(21-9-8-19(30)16-22(21)31)37(28(40)36-23)27(39)35-15-14-34-20-10-12-29(17-32,13-11-20)18-6-4-3-5-7-18;1-3-23-24(26(34)39-16-17-7-5-4-6-8-17)25(21-14-9-18(29)15-22(21)30)32(27(31-23)38-2)28(35)40-20-12-10-19(11-13-20)33(36)37;1-2-22-23(25(33)38-15-16-6-4-3-5-7-16)24(20-13-8-17(28)14-21(20)29)31(26(34)30-22)27(35)39-19-11-9-18(10-12-19)32(36)37;16-10-11-18-14-6-8-15(12-17,9-7-14)13-4-2-1-3-5-13;1-2;/h3-9,16,20,25,34H,2,10-15H2,1H3,(H2,33,38)(H,35,39)(H,36,40);4-15,25H,3,16H2,1-2H3;3-14,24H,2,15H2,1H3,(H,30,34);1-5,14,18H,6-11,16H2;1-2H3;1H. The largest absolute Gasteiger partial charge is 0.468 e. The topological polar surface area (TPSA) is 451 Å². The number of rotatable bonds is 26. The van der Waals surface area contributed by atoms with E-state index in [0.29, 0.717) is 71.1 Å². The molecule has 9 aromatic carbocycles. The summed E-state index contributed by atoms with van der Waals surface area (Å²) in [6.07, 6.45) is 4.98. The number of nitro groups is 2. The lowest BCUT2D eigenvalue weighted by molar-refractivity contribution is -0.385. The number of ether oxygens (including phenoxy) is 5. The summed E-state index contributed by atoms with van der Waals surface area (Å²) in [6, 6.07) is 52.4. The van der Waals surface area contributed by atoms with Gasteiger partial charge in [-0.25, -0.2) is 79.6 Å². The number of benzene rings is 9. The molecule has 0 saturated heterocycles. The van der Waals surface area contributed by atoms with E-state index < -0.39 is 116 Å². The molecule has 0 radical (unpaired) electrons. The maximum Gasteiger partial charge on any atom is 0.424 e. The number of nitro benzene ring substituents is 2. The Morgan fingerprint density at radius 1 is 0.500 bits per heavy atom. The Labute approximate surface area is 809 Å². The lowest BCUT2D eigenvalue weighted by atomic mass is 9.69. The first kappa shape index (κ1) is 108. The molecule has 3 atom stereocenters. The molecule has 9 N–H and O–H groups in total. The van der Waals surface area contributed by atoms with Crippen LogP contribution in [0.2, 0.25) is 0 Å². The summed E-state index contributed by atoms with van der Waals surface area (Å²) in [6.45, 7) is 10.8. The maximum absolute atomic E-state index is 15.2. The number of allylic oxidation sites excluding steroid dienone is 3. The third-order valence-electron chi connectivity index (χ3n) is 23.4. The SMILES string of the molecule is CC.CCC1=C(C(=O)OCc2ccccc2)C(c2ccc(F)cc2F)N(C(=O)Oc2ccc([N+](=O)[O-])cc2)C(=O)N1.CCC1=C(C(=O)OCc2ccccc2)C(c2ccc(F)cc2F)N(C(=O)Oc2ccc([N+](=O)[O-])cc2)C(OC)=N1.CCC1=C(C(N)=O)C(c2ccc(F)cc2F)N(C(=O)NCCNC2CCC(C#N)(c3ccccc3)CC2)C(=O)N1.Cl.N#CC1(c2ccccc2)CCC(NCCN)CC1. The van der Waals surface area contributed by atoms with Crippen LogP contribution in [0.4, 0.5) is 61.7 Å². The molecule has 2 aliphatic carbocycles. The highest BCUT2D eigenvalue weighted by molar-refractivity contribution is 6.04. The van der Waals surface area contributed by atoms with Gasteiger partial charge in [0.05, 0.1) is 62.3 Å². The van der Waals surface area contributed by atoms with Gasteiger partial charge in [-0.3, -0.25) is 25.0 Å². The number of non-ortho nitro benzene ring substituents is 2. The molecule has 0 bridgehead atoms. The van der Waals surface area contributed by atoms with Crippen LogP contribution >= 0.6 is 12.4 Å². The number of hydrogen-bond donors (Lipinski definition) is 7. The lowest BCUT2D eigenvalue weighted by Crippen LogP contribution is -2.55. The summed E-state index contributed by atoms with van der Waals surface area (Å²) in [5, 5.41) is 55.7. The van der Waals surface area contributed by atoms with Crippen molar-refractivity contribution in [2.24, 2.45) is 16.5 Å². The van der Waals surface area contributed by atoms with E-state index in [4.69, 9.17) is 35.2 Å². The van der Waals surface area contributed by atoms with E-state index in [1.807, 2.05) is 62.4 Å². The number of nitrogens with two attached hydrogens (primary N) is 2. The number of methoxy groups -OCH3 is 1. The molecule has 3 heterocycles. The number of aliphatic imine (C=N–C) groups is 1. The van der Waals surface area contributed by atoms with Crippen molar-refractivity contribution in [3.8, 4) is 23.6 Å². The molecule has 5 aliphatic rings. The zero-order valence-electron chi connectivity index (χ0n) is 77.1. The summed E-state index contributed by atoms with van der Waals surface area (Å²) in [5.74, 6) is -8.82. The van der Waals surface area contributed by atoms with E-state index in [0.717, 1.165) is 128 Å². The Balaban J connectivity index is 0.000000213. The van der Waals surface area contributed by atoms with Crippen LogP contribution in [0.5, 0.6) is 11.5 Å². The molecule has 0 spiro atoms. The minimum atomic E-state index is -1.68. The minimum absolute atomic E-state index is 0. The summed E-state index contributed by atoms with van der Waals surface area (Å²) in [4.78, 5) is 132. The fourth-order valence-electron chi connectivity index (χ4n) is 16.4. The van der Waals surface area contributed by atoms with E-state index in [9.17, 15) is 86.7 Å². The van der Waals surface area contributed by atoms with Crippen molar-refractivity contribution in [2.75, 3.05) is 33.3 Å². The molecular weight excluding hydrogens is 1840 g/mol. The van der Waals surface area contributed by atoms with E-state index in [-0.39, 0.29) is 142 Å². The van der Waals surface area contributed by atoms with Crippen molar-refractivity contribution in [3.05, 3.63) is 352 Å². The third-order valence-corrected chi connectivity index (χ3v) is 23.4. The number of urea groups is 3. The second-order valence-electron chi connectivity index (χ2n) is 31.8. The Morgan fingerprint density at radius 3 is 1.23 bits per heavy atom. The number of amidine groups is 1. The lowest BCUT2D eigenvalue weighted by Gasteiger charge is -2.37. The summed E-state index contributed by atoms with van der Waals surface area (Å²) in [7, 11) is 1.22. The number of carbonyl (C=O) groups is 8. The van der Waals surface area contributed by atoms with E-state index in [1.165, 1.54) is 24.8 Å². The van der Waals surface area contributed by atoms with Crippen LogP contribution in [0.25, 0.3) is 0 Å². The average molecular weight is 1950 g/mol. The van der Waals surface area contributed by atoms with Crippen LogP contribution in [0.15, 0.2) is 263 Å². The molecule has 39 heteroatoms. The number of primary amides is 1. The fraction of sp³-hybridized carbons (Fsp3) is 0.297. The van der Waals surface area contributed by atoms with Crippen molar-refractivity contribution in [1.29, 1.82) is 10.5 Å². The van der Waals surface area contributed by atoms with Crippen LogP contribution < -0.4 is 47.5 Å². The average Bonchev–Trinajstić information content (AvgIpc) is 0.802. The van der Waals surface area contributed by atoms with Crippen LogP contribution in [-0.4, -0.2) is 124 Å². The molecule has 32 nitrogen and oxygen atoms in total. The van der Waals surface area contributed by atoms with Gasteiger partial charge in [0, 0.05) is 109 Å². The molecule has 14 rings (SSSR count). The van der Waals surface area contributed by atoms with Gasteiger partial charge in [0.2, 0.25) is 5.91 Å². The second kappa shape index (κ2) is 51.5. The number of nitriles is 2. The molecule has 2 saturated carbocycles. The molecule has 3 aliphatic heterocycles. The normalized spacial score (nSPS) is 18.6. The number of nitrogens with zero attached hydrogens (tertiary/aromatic N) is 8. The van der Waals surface area contributed by atoms with Crippen molar-refractivity contribution in [2.45, 2.75) is 160 Å². The van der Waals surface area contributed by atoms with Crippen LogP contribution in [0.3, 0.4) is 0 Å². The van der Waals surface area contributed by atoms with Crippen LogP contribution in [-0.2, 0) is 52.6 Å². The van der Waals surface area contributed by atoms with Crippen molar-refractivity contribution in [1.82, 2.24) is 41.3 Å². The Kier molecular flexibility index (Phi) is 39.7. The van der Waals surface area contributed by atoms with Crippen molar-refractivity contribution < 1.29 is 98.2 Å². The van der Waals surface area contributed by atoms with Crippen molar-refractivity contribution in [3.63, 3.8) is 0 Å². The van der Waals surface area contributed by atoms with Gasteiger partial charge >= 0.3 is 48.2 Å². The molecular formula is C101H104ClF6N15O17. The number of hydrogen-bond acceptors (Lipinski definition) is 23. The van der Waals surface area contributed by atoms with Gasteiger partial charge in [0.1, 0.15) is 77.7 Å². The first-order valence-corrected chi connectivity index (χ1v) is 44.6. The summed E-state index contributed by atoms with van der Waals surface area (Å²) < 4.78 is 113. The number of amides is 9. The molecule has 9 amide bonds. The van der Waals surface area contributed by atoms with Gasteiger partial charge in [0.15, 0.2) is 0 Å². The van der Waals surface area contributed by atoms with Gasteiger partial charge in [0.25, 0.3) is 11.4 Å².